The molecule has 1 aromatic heterocycles. The number of nitrogens with zero attached hydrogens (tertiary/aromatic N) is 3. The van der Waals surface area contributed by atoms with Gasteiger partial charge in [-0.1, -0.05) is 6.57 Å². The lowest BCUT2D eigenvalue weighted by Crippen LogP contribution is -1.74. The maximum Gasteiger partial charge on any atom is 0.266 e. The molecule has 0 radical (unpaired) electrons. The largest absolute Gasteiger partial charge is 0.361 e. The smallest absolute Gasteiger partial charge is 0.266 e. The zero-order chi connectivity index (χ0) is 8.27. The van der Waals surface area contributed by atoms with Crippen LogP contribution in [0.1, 0.15) is 11.5 Å². The van der Waals surface area contributed by atoms with E-state index in [0.717, 1.165) is 0 Å². The van der Waals surface area contributed by atoms with Crippen LogP contribution in [0.25, 0.3) is 4.85 Å². The van der Waals surface area contributed by atoms with Crippen LogP contribution in [0.15, 0.2) is 0 Å². The Morgan fingerprint density at radius 3 is 2.82 bits per heavy atom. The van der Waals surface area contributed by atoms with Gasteiger partial charge < -0.3 is 4.85 Å². The molecule has 0 saturated carbocycles. The number of imidazole rings is 1. The summed E-state index contributed by atoms with van der Waals surface area (Å²) in [6, 6.07) is 1.75. The molecule has 0 spiro atoms. The van der Waals surface area contributed by atoms with Gasteiger partial charge in [-0.25, -0.2) is 4.98 Å². The molecule has 50 valence electrons. The molecule has 1 N–H and O–H groups in total. The Hall–Kier alpha value is -2.25. The van der Waals surface area contributed by atoms with E-state index >= 15 is 0 Å². The molecular formula is C7H2N4. The van der Waals surface area contributed by atoms with Crippen LogP contribution in [0.4, 0.5) is 5.82 Å². The van der Waals surface area contributed by atoms with Crippen molar-refractivity contribution in [3.63, 3.8) is 0 Å². The van der Waals surface area contributed by atoms with Crippen LogP contribution in [-0.2, 0) is 0 Å². The standard InChI is InChI=1S/C7H2N4/c1-3-6-10-5(4-8)7(9-2)11-6/h1H,(H,10,11). The number of nitrogens with one attached hydrogen (secondary N) is 1. The fourth-order valence-corrected chi connectivity index (χ4v) is 0.591. The van der Waals surface area contributed by atoms with E-state index in [9.17, 15) is 0 Å². The molecule has 0 aliphatic carbocycles. The fourth-order valence-electron chi connectivity index (χ4n) is 0.591. The van der Waals surface area contributed by atoms with E-state index in [1.807, 2.05) is 0 Å². The number of hydrogen-bond donors (Lipinski definition) is 1. The second-order valence-corrected chi connectivity index (χ2v) is 1.65. The third-order valence-corrected chi connectivity index (χ3v) is 1.04. The highest BCUT2D eigenvalue weighted by atomic mass is 15.0. The van der Waals surface area contributed by atoms with Crippen LogP contribution in [0.3, 0.4) is 0 Å². The van der Waals surface area contributed by atoms with Gasteiger partial charge >= 0.3 is 0 Å². The van der Waals surface area contributed by atoms with Crippen molar-refractivity contribution in [2.24, 2.45) is 0 Å². The summed E-state index contributed by atoms with van der Waals surface area (Å²) < 4.78 is 0. The Morgan fingerprint density at radius 2 is 2.45 bits per heavy atom. The highest BCUT2D eigenvalue weighted by Crippen LogP contribution is 2.13. The fraction of sp³-hybridized carbons (Fsp3) is 0. The number of terminal acetylenes is 1. The van der Waals surface area contributed by atoms with Gasteiger partial charge in [-0.15, -0.1) is 6.42 Å². The minimum absolute atomic E-state index is 0.0490. The van der Waals surface area contributed by atoms with E-state index in [2.05, 4.69) is 20.7 Å². The number of rotatable bonds is 0. The molecule has 0 amide bonds. The molecule has 1 rings (SSSR count). The van der Waals surface area contributed by atoms with Crippen molar-refractivity contribution in [2.45, 2.75) is 0 Å². The van der Waals surface area contributed by atoms with Crippen LogP contribution in [0, 0.1) is 30.2 Å². The average Bonchev–Trinajstić information content (AvgIpc) is 2.46. The second-order valence-electron chi connectivity index (χ2n) is 1.65. The lowest BCUT2D eigenvalue weighted by Gasteiger charge is -1.76. The summed E-state index contributed by atoms with van der Waals surface area (Å²) in [6.45, 7) is 6.61. The highest BCUT2D eigenvalue weighted by molar-refractivity contribution is 5.51. The van der Waals surface area contributed by atoms with Gasteiger partial charge in [-0.2, -0.15) is 5.26 Å². The molecule has 0 aliphatic rings. The molecule has 1 heterocycles. The van der Waals surface area contributed by atoms with E-state index in [-0.39, 0.29) is 17.3 Å². The van der Waals surface area contributed by atoms with Gasteiger partial charge in [0.1, 0.15) is 6.07 Å². The first kappa shape index (κ1) is 6.86. The number of hydrogen-bond acceptors (Lipinski definition) is 2. The van der Waals surface area contributed by atoms with Crippen molar-refractivity contribution < 1.29 is 0 Å². The van der Waals surface area contributed by atoms with Crippen molar-refractivity contribution in [3.05, 3.63) is 22.9 Å². The summed E-state index contributed by atoms with van der Waals surface area (Å²) >= 11 is 0. The molecule has 0 aromatic carbocycles. The molecule has 0 bridgehead atoms. The summed E-state index contributed by atoms with van der Waals surface area (Å²) in [7, 11) is 0. The Morgan fingerprint density at radius 1 is 1.73 bits per heavy atom. The Balaban J connectivity index is 3.32. The maximum atomic E-state index is 8.41. The van der Waals surface area contributed by atoms with Crippen LogP contribution in [0.5, 0.6) is 0 Å². The maximum absolute atomic E-state index is 8.41. The Kier molecular flexibility index (Phi) is 1.60. The molecule has 1 aromatic rings. The van der Waals surface area contributed by atoms with Crippen LogP contribution in [0.2, 0.25) is 0 Å². The number of aromatic amines is 1. The minimum Gasteiger partial charge on any atom is -0.361 e. The summed E-state index contributed by atoms with van der Waals surface area (Å²) in [5.41, 5.74) is 0.0490. The molecular weight excluding hydrogens is 140 g/mol. The summed E-state index contributed by atoms with van der Waals surface area (Å²) in [5, 5.41) is 8.41. The first-order valence-corrected chi connectivity index (χ1v) is 2.66. The Bertz CT molecular complexity index is 362. The first-order valence-electron chi connectivity index (χ1n) is 2.66. The average molecular weight is 142 g/mol. The predicted molar refractivity (Wildman–Crippen MR) is 37.5 cm³/mol. The van der Waals surface area contributed by atoms with Gasteiger partial charge in [-0.3, -0.25) is 4.98 Å². The zero-order valence-electron chi connectivity index (χ0n) is 5.42. The molecule has 0 saturated heterocycles. The molecule has 4 nitrogen and oxygen atoms in total. The topological polar surface area (TPSA) is 56.8 Å². The molecule has 0 fully saturated rings. The SMILES string of the molecule is [C-]#[N+]c1[nH]c(C#C)nc1C#N. The predicted octanol–water partition coefficient (Wildman–Crippen LogP) is 0.813. The van der Waals surface area contributed by atoms with E-state index in [0.29, 0.717) is 0 Å². The number of aromatic nitrogens is 2. The van der Waals surface area contributed by atoms with E-state index in [1.54, 1.807) is 6.07 Å². The van der Waals surface area contributed by atoms with Gasteiger partial charge in [0, 0.05) is 0 Å². The summed E-state index contributed by atoms with van der Waals surface area (Å²) in [6.07, 6.45) is 4.99. The van der Waals surface area contributed by atoms with E-state index < -0.39 is 0 Å². The van der Waals surface area contributed by atoms with Crippen molar-refractivity contribution in [3.8, 4) is 18.4 Å². The lowest BCUT2D eigenvalue weighted by atomic mass is 10.5. The van der Waals surface area contributed by atoms with Crippen LogP contribution in [-0.4, -0.2) is 9.97 Å². The van der Waals surface area contributed by atoms with Crippen molar-refractivity contribution in [2.75, 3.05) is 0 Å². The molecule has 0 unspecified atom stereocenters. The molecule has 0 atom stereocenters. The summed E-state index contributed by atoms with van der Waals surface area (Å²) in [5.74, 6) is 2.51. The van der Waals surface area contributed by atoms with Gasteiger partial charge in [0.05, 0.1) is 0 Å². The van der Waals surface area contributed by atoms with Gasteiger partial charge in [-0.05, 0) is 5.92 Å². The second kappa shape index (κ2) is 2.56. The zero-order valence-corrected chi connectivity index (χ0v) is 5.42. The normalized spacial score (nSPS) is 7.73. The molecule has 11 heavy (non-hydrogen) atoms. The van der Waals surface area contributed by atoms with E-state index in [4.69, 9.17) is 18.3 Å². The number of H-pyrrole nitrogens is 1. The quantitative estimate of drug-likeness (QED) is 0.430. The van der Waals surface area contributed by atoms with Crippen LogP contribution < -0.4 is 0 Å². The van der Waals surface area contributed by atoms with Gasteiger partial charge in [0.15, 0.2) is 5.69 Å². The monoisotopic (exact) mass is 142 g/mol. The van der Waals surface area contributed by atoms with Crippen molar-refractivity contribution in [1.82, 2.24) is 9.97 Å². The third kappa shape index (κ3) is 1.03. The molecule has 0 aliphatic heterocycles. The third-order valence-electron chi connectivity index (χ3n) is 1.04. The summed E-state index contributed by atoms with van der Waals surface area (Å²) in [4.78, 5) is 9.18. The van der Waals surface area contributed by atoms with Gasteiger partial charge in [0.25, 0.3) is 11.6 Å². The van der Waals surface area contributed by atoms with Gasteiger partial charge in [0.2, 0.25) is 0 Å². The number of nitriles is 1. The van der Waals surface area contributed by atoms with E-state index in [1.165, 1.54) is 0 Å². The van der Waals surface area contributed by atoms with Crippen molar-refractivity contribution in [1.29, 1.82) is 5.26 Å². The lowest BCUT2D eigenvalue weighted by molar-refractivity contribution is 1.24. The van der Waals surface area contributed by atoms with Crippen LogP contribution >= 0.6 is 0 Å². The Labute approximate surface area is 63.3 Å². The first-order chi connectivity index (χ1) is 5.31. The minimum atomic E-state index is 0.0490. The molecule has 4 heteroatoms. The van der Waals surface area contributed by atoms with Crippen molar-refractivity contribution >= 4 is 5.82 Å². The highest BCUT2D eigenvalue weighted by Gasteiger charge is 2.07.